The molecule has 0 fully saturated rings. The van der Waals surface area contributed by atoms with Crippen molar-refractivity contribution >= 4 is 11.7 Å². The Morgan fingerprint density at radius 2 is 2.04 bits per heavy atom. The number of carbonyl (C=O) groups is 1. The number of rotatable bonds is 6. The number of aromatic nitrogens is 1. The van der Waals surface area contributed by atoms with Crippen molar-refractivity contribution in [2.24, 2.45) is 0 Å². The van der Waals surface area contributed by atoms with Crippen molar-refractivity contribution in [1.29, 1.82) is 5.26 Å². The predicted octanol–water partition coefficient (Wildman–Crippen LogP) is 4.36. The minimum atomic E-state index is -0.382. The monoisotopic (exact) mass is 374 g/mol. The van der Waals surface area contributed by atoms with Crippen LogP contribution >= 0.6 is 0 Å². The summed E-state index contributed by atoms with van der Waals surface area (Å²) in [5.41, 5.74) is 4.98. The number of nitrogens with zero attached hydrogens (tertiary/aromatic N) is 2. The molecular weight excluding hydrogens is 348 g/mol. The maximum atomic E-state index is 12.6. The molecule has 0 spiro atoms. The standard InChI is InChI=1S/C23H26N4O/c1-3-21(19-9-8-17-6-4-5-7-18(17)13-19)27-23(28)20(14-24)15-26-22-12-16(2)10-11-25-22/h8-13,15,21H,3-7H2,1-2H3,(H,25,26)(H,27,28)/b20-15-. The molecule has 1 unspecified atom stereocenters. The van der Waals surface area contributed by atoms with E-state index >= 15 is 0 Å². The fourth-order valence-electron chi connectivity index (χ4n) is 3.54. The van der Waals surface area contributed by atoms with Crippen LogP contribution in [-0.4, -0.2) is 10.9 Å². The molecular formula is C23H26N4O. The predicted molar refractivity (Wildman–Crippen MR) is 111 cm³/mol. The van der Waals surface area contributed by atoms with Crippen LogP contribution in [-0.2, 0) is 17.6 Å². The Bertz CT molecular complexity index is 926. The molecule has 3 rings (SSSR count). The lowest BCUT2D eigenvalue weighted by Crippen LogP contribution is -2.29. The summed E-state index contributed by atoms with van der Waals surface area (Å²) < 4.78 is 0. The fourth-order valence-corrected chi connectivity index (χ4v) is 3.54. The van der Waals surface area contributed by atoms with Crippen LogP contribution in [0.2, 0.25) is 0 Å². The topological polar surface area (TPSA) is 77.8 Å². The first-order valence-electron chi connectivity index (χ1n) is 9.82. The van der Waals surface area contributed by atoms with Crippen molar-refractivity contribution in [3.8, 4) is 6.07 Å². The van der Waals surface area contributed by atoms with Crippen LogP contribution in [0.5, 0.6) is 0 Å². The quantitative estimate of drug-likeness (QED) is 0.582. The first kappa shape index (κ1) is 19.6. The number of hydrogen-bond donors (Lipinski definition) is 2. The third-order valence-electron chi connectivity index (χ3n) is 5.13. The molecule has 1 aromatic heterocycles. The van der Waals surface area contributed by atoms with Gasteiger partial charge < -0.3 is 10.6 Å². The van der Waals surface area contributed by atoms with Gasteiger partial charge in [0.05, 0.1) is 6.04 Å². The summed E-state index contributed by atoms with van der Waals surface area (Å²) in [6.45, 7) is 3.99. The Morgan fingerprint density at radius 1 is 1.25 bits per heavy atom. The number of nitrogens with one attached hydrogen (secondary N) is 2. The fraction of sp³-hybridized carbons (Fsp3) is 0.348. The lowest BCUT2D eigenvalue weighted by molar-refractivity contribution is -0.117. The average molecular weight is 374 g/mol. The van der Waals surface area contributed by atoms with Gasteiger partial charge in [-0.3, -0.25) is 4.79 Å². The molecule has 0 saturated heterocycles. The summed E-state index contributed by atoms with van der Waals surface area (Å²) in [6, 6.07) is 12.1. The number of hydrogen-bond acceptors (Lipinski definition) is 4. The molecule has 1 aliphatic rings. The van der Waals surface area contributed by atoms with Gasteiger partial charge in [0, 0.05) is 12.4 Å². The highest BCUT2D eigenvalue weighted by Gasteiger charge is 2.18. The maximum Gasteiger partial charge on any atom is 0.263 e. The van der Waals surface area contributed by atoms with E-state index < -0.39 is 0 Å². The summed E-state index contributed by atoms with van der Waals surface area (Å²) in [7, 11) is 0. The zero-order chi connectivity index (χ0) is 19.9. The van der Waals surface area contributed by atoms with E-state index in [1.54, 1.807) is 6.20 Å². The number of carbonyl (C=O) groups excluding carboxylic acids is 1. The molecule has 1 aromatic carbocycles. The van der Waals surface area contributed by atoms with E-state index in [2.05, 4.69) is 33.8 Å². The number of anilines is 1. The number of pyridine rings is 1. The second-order valence-electron chi connectivity index (χ2n) is 7.20. The SMILES string of the molecule is CCC(NC(=O)/C(C#N)=C\Nc1cc(C)ccn1)c1ccc2c(c1)CCCC2. The number of fused-ring (bicyclic) bond motifs is 1. The minimum Gasteiger partial charge on any atom is -0.345 e. The first-order valence-corrected chi connectivity index (χ1v) is 9.82. The van der Waals surface area contributed by atoms with E-state index in [9.17, 15) is 10.1 Å². The van der Waals surface area contributed by atoms with Crippen molar-refractivity contribution < 1.29 is 4.79 Å². The zero-order valence-electron chi connectivity index (χ0n) is 16.5. The molecule has 5 nitrogen and oxygen atoms in total. The van der Waals surface area contributed by atoms with Gasteiger partial charge in [0.1, 0.15) is 17.5 Å². The normalized spacial score (nSPS) is 14.5. The Morgan fingerprint density at radius 3 is 2.75 bits per heavy atom. The summed E-state index contributed by atoms with van der Waals surface area (Å²) in [5.74, 6) is 0.217. The number of nitriles is 1. The van der Waals surface area contributed by atoms with Crippen molar-refractivity contribution in [2.75, 3.05) is 5.32 Å². The van der Waals surface area contributed by atoms with Gasteiger partial charge in [-0.15, -0.1) is 0 Å². The van der Waals surface area contributed by atoms with Crippen LogP contribution in [0.25, 0.3) is 0 Å². The molecule has 0 saturated carbocycles. The van der Waals surface area contributed by atoms with E-state index in [4.69, 9.17) is 0 Å². The van der Waals surface area contributed by atoms with Crippen LogP contribution < -0.4 is 10.6 Å². The van der Waals surface area contributed by atoms with Crippen molar-refractivity contribution in [2.45, 2.75) is 52.0 Å². The maximum absolute atomic E-state index is 12.6. The van der Waals surface area contributed by atoms with Gasteiger partial charge in [-0.2, -0.15) is 5.26 Å². The van der Waals surface area contributed by atoms with Gasteiger partial charge in [-0.1, -0.05) is 25.1 Å². The lowest BCUT2D eigenvalue weighted by Gasteiger charge is -2.21. The first-order chi connectivity index (χ1) is 13.6. The van der Waals surface area contributed by atoms with Gasteiger partial charge in [0.15, 0.2) is 0 Å². The van der Waals surface area contributed by atoms with E-state index in [0.717, 1.165) is 30.4 Å². The Kier molecular flexibility index (Phi) is 6.44. The number of amides is 1. The van der Waals surface area contributed by atoms with Gasteiger partial charge in [0.25, 0.3) is 5.91 Å². The molecule has 144 valence electrons. The number of aryl methyl sites for hydroxylation is 3. The molecule has 0 bridgehead atoms. The minimum absolute atomic E-state index is 0.0275. The summed E-state index contributed by atoms with van der Waals surface area (Å²) >= 11 is 0. The lowest BCUT2D eigenvalue weighted by atomic mass is 9.88. The highest BCUT2D eigenvalue weighted by molar-refractivity contribution is 5.97. The molecule has 2 N–H and O–H groups in total. The molecule has 0 radical (unpaired) electrons. The van der Waals surface area contributed by atoms with Crippen LogP contribution in [0.1, 0.15) is 54.5 Å². The van der Waals surface area contributed by atoms with E-state index in [1.165, 1.54) is 30.2 Å². The van der Waals surface area contributed by atoms with E-state index in [1.807, 2.05) is 32.0 Å². The molecule has 1 aliphatic carbocycles. The Labute approximate surface area is 166 Å². The van der Waals surface area contributed by atoms with Crippen molar-refractivity contribution in [1.82, 2.24) is 10.3 Å². The summed E-state index contributed by atoms with van der Waals surface area (Å²) in [5, 5.41) is 15.3. The van der Waals surface area contributed by atoms with Crippen LogP contribution in [0.3, 0.4) is 0 Å². The second kappa shape index (κ2) is 9.18. The third kappa shape index (κ3) is 4.77. The molecule has 28 heavy (non-hydrogen) atoms. The van der Waals surface area contributed by atoms with Gasteiger partial charge >= 0.3 is 0 Å². The van der Waals surface area contributed by atoms with E-state index in [0.29, 0.717) is 5.82 Å². The van der Waals surface area contributed by atoms with Crippen LogP contribution in [0.15, 0.2) is 48.3 Å². The van der Waals surface area contributed by atoms with Crippen LogP contribution in [0, 0.1) is 18.3 Å². The molecule has 5 heteroatoms. The largest absolute Gasteiger partial charge is 0.345 e. The molecule has 1 amide bonds. The van der Waals surface area contributed by atoms with Gasteiger partial charge in [0.2, 0.25) is 0 Å². The van der Waals surface area contributed by atoms with Gasteiger partial charge in [-0.25, -0.2) is 4.98 Å². The van der Waals surface area contributed by atoms with E-state index in [-0.39, 0.29) is 17.5 Å². The second-order valence-corrected chi connectivity index (χ2v) is 7.20. The Balaban J connectivity index is 1.71. The molecule has 1 atom stereocenters. The highest BCUT2D eigenvalue weighted by atomic mass is 16.1. The smallest absolute Gasteiger partial charge is 0.263 e. The summed E-state index contributed by atoms with van der Waals surface area (Å²) in [6.07, 6.45) is 8.57. The molecule has 1 heterocycles. The molecule has 2 aromatic rings. The summed E-state index contributed by atoms with van der Waals surface area (Å²) in [4.78, 5) is 16.8. The average Bonchev–Trinajstić information content (AvgIpc) is 2.72. The van der Waals surface area contributed by atoms with Crippen molar-refractivity contribution in [3.05, 3.63) is 70.6 Å². The molecule has 0 aliphatic heterocycles. The zero-order valence-corrected chi connectivity index (χ0v) is 16.5. The highest BCUT2D eigenvalue weighted by Crippen LogP contribution is 2.26. The van der Waals surface area contributed by atoms with Crippen molar-refractivity contribution in [3.63, 3.8) is 0 Å². The third-order valence-corrected chi connectivity index (χ3v) is 5.13. The van der Waals surface area contributed by atoms with Gasteiger partial charge in [-0.05, 0) is 73.4 Å². The number of benzene rings is 1. The Hall–Kier alpha value is -3.13. The van der Waals surface area contributed by atoms with Crippen LogP contribution in [0.4, 0.5) is 5.82 Å².